The molecule has 36 heavy (non-hydrogen) atoms. The van der Waals surface area contributed by atoms with Gasteiger partial charge in [0.15, 0.2) is 0 Å². The summed E-state index contributed by atoms with van der Waals surface area (Å²) in [5.41, 5.74) is 4.25. The van der Waals surface area contributed by atoms with Crippen LogP contribution in [0.3, 0.4) is 0 Å². The number of carbonyl (C=O) groups excluding carboxylic acids is 1. The molecule has 2 aromatic carbocycles. The van der Waals surface area contributed by atoms with Gasteiger partial charge in [0, 0.05) is 30.3 Å². The van der Waals surface area contributed by atoms with E-state index in [9.17, 15) is 10.1 Å². The van der Waals surface area contributed by atoms with Gasteiger partial charge in [-0.3, -0.25) is 4.79 Å². The molecule has 1 aliphatic rings. The Morgan fingerprint density at radius 3 is 2.64 bits per heavy atom. The summed E-state index contributed by atoms with van der Waals surface area (Å²) in [7, 11) is 0. The number of nitrogens with one attached hydrogen (secondary N) is 1. The minimum atomic E-state index is -0.113. The van der Waals surface area contributed by atoms with E-state index < -0.39 is 0 Å². The summed E-state index contributed by atoms with van der Waals surface area (Å²) in [5.74, 6) is 1.35. The molecule has 0 unspecified atom stereocenters. The Morgan fingerprint density at radius 1 is 1.17 bits per heavy atom. The topological polar surface area (TPSA) is 125 Å². The van der Waals surface area contributed by atoms with Crippen LogP contribution in [-0.2, 0) is 17.6 Å². The van der Waals surface area contributed by atoms with Crippen molar-refractivity contribution in [2.45, 2.75) is 45.8 Å². The van der Waals surface area contributed by atoms with Crippen molar-refractivity contribution in [3.05, 3.63) is 53.1 Å². The Kier molecular flexibility index (Phi) is 7.98. The second-order valence-corrected chi connectivity index (χ2v) is 9.24. The quantitative estimate of drug-likeness (QED) is 0.495. The number of ether oxygens (including phenoxy) is 1. The van der Waals surface area contributed by atoms with Crippen molar-refractivity contribution >= 4 is 5.91 Å². The van der Waals surface area contributed by atoms with Crippen LogP contribution >= 0.6 is 0 Å². The Labute approximate surface area is 210 Å². The van der Waals surface area contributed by atoms with Gasteiger partial charge in [0.25, 0.3) is 5.89 Å². The number of fused-ring (bicyclic) bond motifs is 1. The molecule has 9 heteroatoms. The SMILES string of the molecule is CC(C)Oc1ccc(-c2nc(-c3ccc4c(c3)CCN(C(=O)CN[C@H](C)CO)CC4)no2)cc1C#N. The first-order chi connectivity index (χ1) is 17.4. The van der Waals surface area contributed by atoms with Crippen LogP contribution in [0, 0.1) is 11.3 Å². The second kappa shape index (κ2) is 11.3. The molecule has 0 saturated heterocycles. The van der Waals surface area contributed by atoms with Gasteiger partial charge < -0.3 is 24.6 Å². The van der Waals surface area contributed by atoms with Crippen LogP contribution < -0.4 is 10.1 Å². The molecule has 1 aliphatic heterocycles. The van der Waals surface area contributed by atoms with Crippen molar-refractivity contribution in [2.24, 2.45) is 0 Å². The maximum atomic E-state index is 12.6. The molecule has 0 radical (unpaired) electrons. The molecule has 0 bridgehead atoms. The largest absolute Gasteiger partial charge is 0.490 e. The van der Waals surface area contributed by atoms with Crippen LogP contribution in [0.15, 0.2) is 40.9 Å². The van der Waals surface area contributed by atoms with Gasteiger partial charge in [0.2, 0.25) is 11.7 Å². The number of carbonyl (C=O) groups is 1. The highest BCUT2D eigenvalue weighted by Gasteiger charge is 2.20. The summed E-state index contributed by atoms with van der Waals surface area (Å²) in [4.78, 5) is 19.0. The minimum absolute atomic E-state index is 0.00333. The van der Waals surface area contributed by atoms with Gasteiger partial charge in [-0.2, -0.15) is 10.2 Å². The zero-order valence-electron chi connectivity index (χ0n) is 20.8. The number of benzene rings is 2. The number of hydrogen-bond acceptors (Lipinski definition) is 8. The van der Waals surface area contributed by atoms with Crippen LogP contribution in [0.1, 0.15) is 37.5 Å². The fourth-order valence-corrected chi connectivity index (χ4v) is 4.12. The van der Waals surface area contributed by atoms with E-state index in [1.165, 1.54) is 5.56 Å². The van der Waals surface area contributed by atoms with E-state index in [4.69, 9.17) is 14.4 Å². The third kappa shape index (κ3) is 5.90. The first-order valence-corrected chi connectivity index (χ1v) is 12.2. The Hall–Kier alpha value is -3.74. The first-order valence-electron chi connectivity index (χ1n) is 12.2. The fraction of sp³-hybridized carbons (Fsp3) is 0.407. The highest BCUT2D eigenvalue weighted by molar-refractivity contribution is 5.78. The minimum Gasteiger partial charge on any atom is -0.490 e. The molecule has 1 aromatic heterocycles. The zero-order valence-corrected chi connectivity index (χ0v) is 20.8. The predicted octanol–water partition coefficient (Wildman–Crippen LogP) is 2.96. The molecule has 188 valence electrons. The number of aromatic nitrogens is 2. The van der Waals surface area contributed by atoms with Crippen molar-refractivity contribution in [2.75, 3.05) is 26.2 Å². The summed E-state index contributed by atoms with van der Waals surface area (Å²) in [5, 5.41) is 25.9. The van der Waals surface area contributed by atoms with E-state index in [0.29, 0.717) is 41.7 Å². The van der Waals surface area contributed by atoms with Crippen LogP contribution in [0.4, 0.5) is 0 Å². The summed E-state index contributed by atoms with van der Waals surface area (Å²) in [6, 6.07) is 13.4. The van der Waals surface area contributed by atoms with Gasteiger partial charge >= 0.3 is 0 Å². The average molecular weight is 490 g/mol. The number of aliphatic hydroxyl groups is 1. The number of rotatable bonds is 8. The highest BCUT2D eigenvalue weighted by atomic mass is 16.5. The van der Waals surface area contributed by atoms with Gasteiger partial charge in [-0.05, 0) is 69.0 Å². The molecule has 0 spiro atoms. The number of nitrogens with zero attached hydrogens (tertiary/aromatic N) is 4. The van der Waals surface area contributed by atoms with Crippen molar-refractivity contribution in [1.29, 1.82) is 5.26 Å². The summed E-state index contributed by atoms with van der Waals surface area (Å²) in [6.07, 6.45) is 1.47. The molecule has 3 aromatic rings. The lowest BCUT2D eigenvalue weighted by Crippen LogP contribution is -2.42. The van der Waals surface area contributed by atoms with Gasteiger partial charge in [-0.15, -0.1) is 0 Å². The standard InChI is InChI=1S/C27H31N5O4/c1-17(2)35-24-7-6-22(13-23(24)14-28)27-30-26(31-36-27)21-5-4-19-8-10-32(11-9-20(19)12-21)25(34)15-29-18(3)16-33/h4-7,12-13,17-18,29,33H,8-11,15-16H2,1-3H3/t18-/m1/s1. The van der Waals surface area contributed by atoms with E-state index >= 15 is 0 Å². The highest BCUT2D eigenvalue weighted by Crippen LogP contribution is 2.29. The molecule has 2 heterocycles. The molecule has 0 fully saturated rings. The Balaban J connectivity index is 1.48. The predicted molar refractivity (Wildman–Crippen MR) is 134 cm³/mol. The summed E-state index contributed by atoms with van der Waals surface area (Å²) < 4.78 is 11.2. The molecule has 4 rings (SSSR count). The van der Waals surface area contributed by atoms with Crippen molar-refractivity contribution < 1.29 is 19.2 Å². The van der Waals surface area contributed by atoms with Crippen LogP contribution in [0.5, 0.6) is 5.75 Å². The Morgan fingerprint density at radius 2 is 1.92 bits per heavy atom. The zero-order chi connectivity index (χ0) is 25.7. The summed E-state index contributed by atoms with van der Waals surface area (Å²) in [6.45, 7) is 7.16. The van der Waals surface area contributed by atoms with E-state index in [0.717, 1.165) is 24.0 Å². The van der Waals surface area contributed by atoms with Crippen molar-refractivity contribution in [3.63, 3.8) is 0 Å². The average Bonchev–Trinajstić information content (AvgIpc) is 3.28. The third-order valence-corrected chi connectivity index (χ3v) is 6.13. The monoisotopic (exact) mass is 489 g/mol. The van der Waals surface area contributed by atoms with E-state index in [1.807, 2.05) is 31.7 Å². The van der Waals surface area contributed by atoms with Crippen molar-refractivity contribution in [1.82, 2.24) is 20.4 Å². The molecular weight excluding hydrogens is 458 g/mol. The fourth-order valence-electron chi connectivity index (χ4n) is 4.12. The lowest BCUT2D eigenvalue weighted by atomic mass is 10.00. The van der Waals surface area contributed by atoms with E-state index in [2.05, 4.69) is 33.7 Å². The van der Waals surface area contributed by atoms with E-state index in [1.54, 1.807) is 18.2 Å². The lowest BCUT2D eigenvalue weighted by Gasteiger charge is -2.21. The molecule has 1 amide bonds. The molecule has 0 saturated carbocycles. The third-order valence-electron chi connectivity index (χ3n) is 6.13. The maximum Gasteiger partial charge on any atom is 0.258 e. The Bertz CT molecular complexity index is 1260. The summed E-state index contributed by atoms with van der Waals surface area (Å²) >= 11 is 0. The van der Waals surface area contributed by atoms with E-state index in [-0.39, 0.29) is 31.2 Å². The molecule has 9 nitrogen and oxygen atoms in total. The number of amides is 1. The van der Waals surface area contributed by atoms with Gasteiger partial charge in [0.05, 0.1) is 24.8 Å². The van der Waals surface area contributed by atoms with Gasteiger partial charge in [-0.1, -0.05) is 17.3 Å². The van der Waals surface area contributed by atoms with Crippen molar-refractivity contribution in [3.8, 4) is 34.7 Å². The first kappa shape index (κ1) is 25.4. The van der Waals surface area contributed by atoms with Gasteiger partial charge in [0.1, 0.15) is 11.8 Å². The number of nitriles is 1. The lowest BCUT2D eigenvalue weighted by molar-refractivity contribution is -0.130. The maximum absolute atomic E-state index is 12.6. The normalized spacial score (nSPS) is 14.2. The van der Waals surface area contributed by atoms with Crippen LogP contribution in [0.2, 0.25) is 0 Å². The van der Waals surface area contributed by atoms with Crippen LogP contribution in [0.25, 0.3) is 22.8 Å². The molecular formula is C27H31N5O4. The van der Waals surface area contributed by atoms with Gasteiger partial charge in [-0.25, -0.2) is 0 Å². The smallest absolute Gasteiger partial charge is 0.258 e. The molecule has 2 N–H and O–H groups in total. The number of aliphatic hydroxyl groups excluding tert-OH is 1. The van der Waals surface area contributed by atoms with Crippen LogP contribution in [-0.4, -0.2) is 64.4 Å². The number of hydrogen-bond donors (Lipinski definition) is 2. The second-order valence-electron chi connectivity index (χ2n) is 9.24. The molecule has 0 aliphatic carbocycles. The molecule has 1 atom stereocenters.